The average molecular weight is 289 g/mol. The first-order valence-electron chi connectivity index (χ1n) is 6.67. The summed E-state index contributed by atoms with van der Waals surface area (Å²) in [5.74, 6) is 0.145. The number of hydrogen-bond donors (Lipinski definition) is 1. The maximum Gasteiger partial charge on any atom is 0.387 e. The fourth-order valence-electron chi connectivity index (χ4n) is 1.68. The quantitative estimate of drug-likeness (QED) is 0.669. The van der Waals surface area contributed by atoms with Crippen molar-refractivity contribution in [1.82, 2.24) is 0 Å². The normalized spacial score (nSPS) is 11.1. The fourth-order valence-corrected chi connectivity index (χ4v) is 1.68. The van der Waals surface area contributed by atoms with E-state index in [1.807, 2.05) is 13.8 Å². The Labute approximate surface area is 118 Å². The van der Waals surface area contributed by atoms with Crippen LogP contribution in [0.1, 0.15) is 20.3 Å². The molecule has 0 heterocycles. The average Bonchev–Trinajstić information content (AvgIpc) is 2.40. The van der Waals surface area contributed by atoms with E-state index in [-0.39, 0.29) is 12.0 Å². The molecule has 20 heavy (non-hydrogen) atoms. The lowest BCUT2D eigenvalue weighted by Crippen LogP contribution is -2.21. The minimum atomic E-state index is -2.80. The van der Waals surface area contributed by atoms with Gasteiger partial charge in [-0.2, -0.15) is 8.78 Å². The number of rotatable bonds is 10. The van der Waals surface area contributed by atoms with Gasteiger partial charge in [0, 0.05) is 31.9 Å². The van der Waals surface area contributed by atoms with Crippen molar-refractivity contribution < 1.29 is 23.0 Å². The highest BCUT2D eigenvalue weighted by Gasteiger charge is 2.07. The van der Waals surface area contributed by atoms with E-state index in [1.54, 1.807) is 12.1 Å². The zero-order valence-electron chi connectivity index (χ0n) is 11.8. The van der Waals surface area contributed by atoms with Crippen molar-refractivity contribution in [2.45, 2.75) is 33.2 Å². The van der Waals surface area contributed by atoms with Crippen LogP contribution in [-0.2, 0) is 9.47 Å². The number of halogens is 2. The predicted molar refractivity (Wildman–Crippen MR) is 73.2 cm³/mol. The number of nitrogens with one attached hydrogen (secondary N) is 1. The molecule has 0 bridgehead atoms. The molecule has 6 heteroatoms. The van der Waals surface area contributed by atoms with Crippen molar-refractivity contribution in [2.24, 2.45) is 0 Å². The first kappa shape index (κ1) is 16.7. The first-order valence-corrected chi connectivity index (χ1v) is 6.67. The third kappa shape index (κ3) is 6.68. The highest BCUT2D eigenvalue weighted by Crippen LogP contribution is 2.17. The van der Waals surface area contributed by atoms with E-state index in [0.29, 0.717) is 26.2 Å². The molecule has 0 saturated heterocycles. The monoisotopic (exact) mass is 289 g/mol. The van der Waals surface area contributed by atoms with Gasteiger partial charge in [-0.05, 0) is 38.1 Å². The lowest BCUT2D eigenvalue weighted by atomic mass is 10.3. The molecule has 1 rings (SSSR count). The van der Waals surface area contributed by atoms with Crippen LogP contribution in [-0.4, -0.2) is 32.7 Å². The second-order valence-corrected chi connectivity index (χ2v) is 3.96. The van der Waals surface area contributed by atoms with E-state index >= 15 is 0 Å². The Morgan fingerprint density at radius 2 is 1.65 bits per heavy atom. The fraction of sp³-hybridized carbons (Fsp3) is 0.571. The van der Waals surface area contributed by atoms with E-state index in [9.17, 15) is 8.78 Å². The van der Waals surface area contributed by atoms with Crippen molar-refractivity contribution in [1.29, 1.82) is 0 Å². The zero-order valence-corrected chi connectivity index (χ0v) is 11.8. The van der Waals surface area contributed by atoms with Gasteiger partial charge in [-0.25, -0.2) is 0 Å². The lowest BCUT2D eigenvalue weighted by molar-refractivity contribution is -0.137. The molecule has 114 valence electrons. The van der Waals surface area contributed by atoms with Gasteiger partial charge in [-0.1, -0.05) is 0 Å². The maximum absolute atomic E-state index is 12.0. The predicted octanol–water partition coefficient (Wildman–Crippen LogP) is 3.49. The number of alkyl halides is 2. The Morgan fingerprint density at radius 3 is 2.15 bits per heavy atom. The van der Waals surface area contributed by atoms with E-state index in [1.165, 1.54) is 12.1 Å². The molecule has 0 aliphatic rings. The molecule has 0 unspecified atom stereocenters. The van der Waals surface area contributed by atoms with Crippen LogP contribution in [0.2, 0.25) is 0 Å². The number of benzene rings is 1. The van der Waals surface area contributed by atoms with E-state index in [0.717, 1.165) is 5.69 Å². The third-order valence-electron chi connectivity index (χ3n) is 2.49. The Bertz CT molecular complexity index is 354. The van der Waals surface area contributed by atoms with Gasteiger partial charge in [0.25, 0.3) is 0 Å². The van der Waals surface area contributed by atoms with Gasteiger partial charge >= 0.3 is 6.61 Å². The summed E-state index contributed by atoms with van der Waals surface area (Å²) in [6, 6.07) is 6.37. The standard InChI is InChI=1S/C14H21F2NO3/c1-3-18-13(19-4-2)9-10-17-11-5-7-12(8-6-11)20-14(15)16/h5-8,13-14,17H,3-4,9-10H2,1-2H3. The lowest BCUT2D eigenvalue weighted by Gasteiger charge is -2.17. The Balaban J connectivity index is 2.33. The van der Waals surface area contributed by atoms with Crippen LogP contribution < -0.4 is 10.1 Å². The summed E-state index contributed by atoms with van der Waals surface area (Å²) in [5, 5.41) is 3.17. The molecule has 1 aromatic rings. The summed E-state index contributed by atoms with van der Waals surface area (Å²) in [6.07, 6.45) is 0.482. The number of anilines is 1. The minimum absolute atomic E-state index is 0.145. The maximum atomic E-state index is 12.0. The molecule has 0 aliphatic carbocycles. The number of hydrogen-bond acceptors (Lipinski definition) is 4. The van der Waals surface area contributed by atoms with E-state index in [4.69, 9.17) is 9.47 Å². The largest absolute Gasteiger partial charge is 0.435 e. The molecule has 0 amide bonds. The Kier molecular flexibility index (Phi) is 7.91. The van der Waals surface area contributed by atoms with Crippen molar-refractivity contribution in [3.05, 3.63) is 24.3 Å². The van der Waals surface area contributed by atoms with Crippen LogP contribution in [0.3, 0.4) is 0 Å². The van der Waals surface area contributed by atoms with Crippen molar-refractivity contribution in [2.75, 3.05) is 25.1 Å². The van der Waals surface area contributed by atoms with Gasteiger partial charge < -0.3 is 19.5 Å². The molecule has 0 fully saturated rings. The zero-order chi connectivity index (χ0) is 14.8. The summed E-state index contributed by atoms with van der Waals surface area (Å²) >= 11 is 0. The molecule has 0 aromatic heterocycles. The second-order valence-electron chi connectivity index (χ2n) is 3.96. The molecule has 4 nitrogen and oxygen atoms in total. The molecule has 0 radical (unpaired) electrons. The van der Waals surface area contributed by atoms with Crippen LogP contribution in [0.15, 0.2) is 24.3 Å². The molecule has 0 aliphatic heterocycles. The molecule has 1 N–H and O–H groups in total. The molecular weight excluding hydrogens is 268 g/mol. The van der Waals surface area contributed by atoms with Crippen LogP contribution in [0, 0.1) is 0 Å². The highest BCUT2D eigenvalue weighted by molar-refractivity contribution is 5.46. The molecule has 0 atom stereocenters. The van der Waals surface area contributed by atoms with Crippen LogP contribution >= 0.6 is 0 Å². The van der Waals surface area contributed by atoms with E-state index in [2.05, 4.69) is 10.1 Å². The SMILES string of the molecule is CCOC(CCNc1ccc(OC(F)F)cc1)OCC. The smallest absolute Gasteiger partial charge is 0.387 e. The number of ether oxygens (including phenoxy) is 3. The molecular formula is C14H21F2NO3. The van der Waals surface area contributed by atoms with Gasteiger partial charge in [0.2, 0.25) is 0 Å². The van der Waals surface area contributed by atoms with Gasteiger partial charge in [-0.3, -0.25) is 0 Å². The van der Waals surface area contributed by atoms with Crippen LogP contribution in [0.5, 0.6) is 5.75 Å². The summed E-state index contributed by atoms with van der Waals surface area (Å²) < 4.78 is 39.1. The third-order valence-corrected chi connectivity index (χ3v) is 2.49. The highest BCUT2D eigenvalue weighted by atomic mass is 19.3. The first-order chi connectivity index (χ1) is 9.65. The summed E-state index contributed by atoms with van der Waals surface area (Å²) in [7, 11) is 0. The molecule has 0 spiro atoms. The summed E-state index contributed by atoms with van der Waals surface area (Å²) in [4.78, 5) is 0. The topological polar surface area (TPSA) is 39.7 Å². The molecule has 1 aromatic carbocycles. The second kappa shape index (κ2) is 9.50. The minimum Gasteiger partial charge on any atom is -0.435 e. The van der Waals surface area contributed by atoms with Crippen molar-refractivity contribution in [3.63, 3.8) is 0 Å². The van der Waals surface area contributed by atoms with Gasteiger partial charge in [0.1, 0.15) is 5.75 Å². The van der Waals surface area contributed by atoms with Gasteiger partial charge in [0.15, 0.2) is 6.29 Å². The van der Waals surface area contributed by atoms with Crippen LogP contribution in [0.4, 0.5) is 14.5 Å². The Morgan fingerprint density at radius 1 is 1.05 bits per heavy atom. The van der Waals surface area contributed by atoms with Crippen molar-refractivity contribution >= 4 is 5.69 Å². The van der Waals surface area contributed by atoms with Gasteiger partial charge in [-0.15, -0.1) is 0 Å². The van der Waals surface area contributed by atoms with Crippen LogP contribution in [0.25, 0.3) is 0 Å². The van der Waals surface area contributed by atoms with E-state index < -0.39 is 6.61 Å². The van der Waals surface area contributed by atoms with Crippen molar-refractivity contribution in [3.8, 4) is 5.75 Å². The Hall–Kier alpha value is -1.40. The summed E-state index contributed by atoms with van der Waals surface area (Å²) in [5.41, 5.74) is 0.832. The molecule has 0 saturated carbocycles. The van der Waals surface area contributed by atoms with Gasteiger partial charge in [0.05, 0.1) is 0 Å². The summed E-state index contributed by atoms with van der Waals surface area (Å²) in [6.45, 7) is 2.91.